The van der Waals surface area contributed by atoms with Crippen molar-refractivity contribution in [1.82, 2.24) is 0 Å². The van der Waals surface area contributed by atoms with Crippen molar-refractivity contribution in [3.8, 4) is 0 Å². The van der Waals surface area contributed by atoms with Crippen LogP contribution in [-0.2, 0) is 4.79 Å². The third-order valence-electron chi connectivity index (χ3n) is 0.987. The SMILES string of the molecule is CC(=O)C=C(O)CC(C)C. The average molecular weight is 142 g/mol. The average Bonchev–Trinajstić information content (AvgIpc) is 1.58. The van der Waals surface area contributed by atoms with Gasteiger partial charge in [0.15, 0.2) is 5.78 Å². The summed E-state index contributed by atoms with van der Waals surface area (Å²) in [7, 11) is 0. The topological polar surface area (TPSA) is 37.3 Å². The summed E-state index contributed by atoms with van der Waals surface area (Å²) in [6.45, 7) is 5.41. The van der Waals surface area contributed by atoms with Crippen LogP contribution in [0.3, 0.4) is 0 Å². The number of hydrogen-bond donors (Lipinski definition) is 1. The van der Waals surface area contributed by atoms with Gasteiger partial charge in [0.05, 0.1) is 5.76 Å². The minimum absolute atomic E-state index is 0.0989. The van der Waals surface area contributed by atoms with E-state index >= 15 is 0 Å². The van der Waals surface area contributed by atoms with Crippen molar-refractivity contribution in [2.75, 3.05) is 0 Å². The van der Waals surface area contributed by atoms with Crippen LogP contribution in [0.5, 0.6) is 0 Å². The molecule has 0 rings (SSSR count). The van der Waals surface area contributed by atoms with Crippen LogP contribution in [0, 0.1) is 5.92 Å². The molecule has 0 spiro atoms. The van der Waals surface area contributed by atoms with Crippen LogP contribution in [0.25, 0.3) is 0 Å². The molecule has 0 saturated carbocycles. The number of rotatable bonds is 3. The van der Waals surface area contributed by atoms with E-state index in [-0.39, 0.29) is 11.5 Å². The summed E-state index contributed by atoms with van der Waals surface area (Å²) in [5, 5.41) is 9.03. The van der Waals surface area contributed by atoms with Gasteiger partial charge in [-0.15, -0.1) is 0 Å². The number of allylic oxidation sites excluding steroid dienone is 2. The van der Waals surface area contributed by atoms with Gasteiger partial charge in [-0.05, 0) is 12.8 Å². The highest BCUT2D eigenvalue weighted by Gasteiger charge is 1.98. The van der Waals surface area contributed by atoms with Crippen LogP contribution in [0.2, 0.25) is 0 Å². The van der Waals surface area contributed by atoms with Gasteiger partial charge in [-0.3, -0.25) is 4.79 Å². The standard InChI is InChI=1S/C8H14O2/c1-6(2)4-8(10)5-7(3)9/h5-6,10H,4H2,1-3H3. The van der Waals surface area contributed by atoms with Crippen LogP contribution in [0.4, 0.5) is 0 Å². The molecule has 0 aliphatic rings. The molecule has 1 N–H and O–H groups in total. The van der Waals surface area contributed by atoms with Crippen molar-refractivity contribution < 1.29 is 9.90 Å². The number of ketones is 1. The summed E-state index contributed by atoms with van der Waals surface area (Å²) < 4.78 is 0. The Hall–Kier alpha value is -0.790. The molecule has 0 amide bonds. The number of hydrogen-bond acceptors (Lipinski definition) is 2. The molecule has 2 heteroatoms. The maximum absolute atomic E-state index is 10.4. The molecule has 0 atom stereocenters. The summed E-state index contributed by atoms with van der Waals surface area (Å²) >= 11 is 0. The summed E-state index contributed by atoms with van der Waals surface area (Å²) in [6, 6.07) is 0. The second-order valence-corrected chi connectivity index (χ2v) is 2.84. The first-order valence-electron chi connectivity index (χ1n) is 3.42. The second-order valence-electron chi connectivity index (χ2n) is 2.84. The van der Waals surface area contributed by atoms with Gasteiger partial charge in [-0.1, -0.05) is 13.8 Å². The molecule has 0 fully saturated rings. The van der Waals surface area contributed by atoms with E-state index < -0.39 is 0 Å². The lowest BCUT2D eigenvalue weighted by molar-refractivity contribution is -0.112. The van der Waals surface area contributed by atoms with Crippen molar-refractivity contribution in [2.45, 2.75) is 27.2 Å². The molecular formula is C8H14O2. The Kier molecular flexibility index (Phi) is 3.77. The van der Waals surface area contributed by atoms with E-state index in [4.69, 9.17) is 5.11 Å². The molecular weight excluding hydrogens is 128 g/mol. The smallest absolute Gasteiger partial charge is 0.155 e. The fourth-order valence-electron chi connectivity index (χ4n) is 0.712. The molecule has 0 heterocycles. The highest BCUT2D eigenvalue weighted by molar-refractivity contribution is 5.87. The van der Waals surface area contributed by atoms with E-state index in [1.165, 1.54) is 13.0 Å². The number of carbonyl (C=O) groups is 1. The van der Waals surface area contributed by atoms with Gasteiger partial charge < -0.3 is 5.11 Å². The van der Waals surface area contributed by atoms with E-state index in [2.05, 4.69) is 0 Å². The van der Waals surface area contributed by atoms with Crippen LogP contribution >= 0.6 is 0 Å². The predicted molar refractivity (Wildman–Crippen MR) is 40.8 cm³/mol. The zero-order chi connectivity index (χ0) is 8.15. The molecule has 0 bridgehead atoms. The van der Waals surface area contributed by atoms with E-state index in [9.17, 15) is 4.79 Å². The van der Waals surface area contributed by atoms with Crippen molar-refractivity contribution >= 4 is 5.78 Å². The number of aliphatic hydroxyl groups is 1. The van der Waals surface area contributed by atoms with Crippen LogP contribution in [0.15, 0.2) is 11.8 Å². The van der Waals surface area contributed by atoms with Gasteiger partial charge in [0.25, 0.3) is 0 Å². The third-order valence-corrected chi connectivity index (χ3v) is 0.987. The van der Waals surface area contributed by atoms with E-state index in [0.717, 1.165) is 0 Å². The molecule has 0 aromatic rings. The van der Waals surface area contributed by atoms with Gasteiger partial charge in [0.2, 0.25) is 0 Å². The molecule has 58 valence electrons. The Morgan fingerprint density at radius 3 is 2.40 bits per heavy atom. The van der Waals surface area contributed by atoms with Crippen LogP contribution < -0.4 is 0 Å². The minimum atomic E-state index is -0.0989. The van der Waals surface area contributed by atoms with Crippen molar-refractivity contribution in [2.24, 2.45) is 5.92 Å². The quantitative estimate of drug-likeness (QED) is 0.483. The first-order chi connectivity index (χ1) is 4.52. The highest BCUT2D eigenvalue weighted by Crippen LogP contribution is 2.06. The predicted octanol–water partition coefficient (Wildman–Crippen LogP) is 2.06. The minimum Gasteiger partial charge on any atom is -0.512 e. The molecule has 10 heavy (non-hydrogen) atoms. The Morgan fingerprint density at radius 1 is 1.60 bits per heavy atom. The van der Waals surface area contributed by atoms with E-state index in [0.29, 0.717) is 12.3 Å². The summed E-state index contributed by atoms with van der Waals surface area (Å²) in [5.41, 5.74) is 0. The lowest BCUT2D eigenvalue weighted by Gasteiger charge is -2.01. The fourth-order valence-corrected chi connectivity index (χ4v) is 0.712. The molecule has 2 nitrogen and oxygen atoms in total. The lowest BCUT2D eigenvalue weighted by Crippen LogP contribution is -1.93. The molecule has 0 saturated heterocycles. The summed E-state index contributed by atoms with van der Waals surface area (Å²) in [5.74, 6) is 0.483. The van der Waals surface area contributed by atoms with Crippen LogP contribution in [0.1, 0.15) is 27.2 Å². The monoisotopic (exact) mass is 142 g/mol. The Morgan fingerprint density at radius 2 is 2.10 bits per heavy atom. The van der Waals surface area contributed by atoms with Crippen molar-refractivity contribution in [1.29, 1.82) is 0 Å². The lowest BCUT2D eigenvalue weighted by atomic mass is 10.1. The molecule has 0 unspecified atom stereocenters. The van der Waals surface area contributed by atoms with Crippen molar-refractivity contribution in [3.63, 3.8) is 0 Å². The molecule has 0 aromatic heterocycles. The highest BCUT2D eigenvalue weighted by atomic mass is 16.3. The third kappa shape index (κ3) is 5.35. The Labute approximate surface area is 61.6 Å². The Balaban J connectivity index is 3.83. The Bertz CT molecular complexity index is 145. The molecule has 0 aromatic carbocycles. The van der Waals surface area contributed by atoms with Gasteiger partial charge in [-0.25, -0.2) is 0 Å². The number of aliphatic hydroxyl groups excluding tert-OH is 1. The normalized spacial score (nSPS) is 12.2. The molecule has 0 aliphatic heterocycles. The maximum Gasteiger partial charge on any atom is 0.155 e. The summed E-state index contributed by atoms with van der Waals surface area (Å²) in [6.07, 6.45) is 1.85. The first kappa shape index (κ1) is 9.21. The van der Waals surface area contributed by atoms with Gasteiger partial charge in [-0.2, -0.15) is 0 Å². The van der Waals surface area contributed by atoms with Crippen molar-refractivity contribution in [3.05, 3.63) is 11.8 Å². The molecule has 0 aliphatic carbocycles. The first-order valence-corrected chi connectivity index (χ1v) is 3.42. The summed E-state index contributed by atoms with van der Waals surface area (Å²) in [4.78, 5) is 10.4. The zero-order valence-corrected chi connectivity index (χ0v) is 6.72. The fraction of sp³-hybridized carbons (Fsp3) is 0.625. The van der Waals surface area contributed by atoms with E-state index in [1.807, 2.05) is 13.8 Å². The van der Waals surface area contributed by atoms with Crippen LogP contribution in [-0.4, -0.2) is 10.9 Å². The van der Waals surface area contributed by atoms with Gasteiger partial charge in [0.1, 0.15) is 0 Å². The number of carbonyl (C=O) groups excluding carboxylic acids is 1. The van der Waals surface area contributed by atoms with E-state index in [1.54, 1.807) is 0 Å². The second kappa shape index (κ2) is 4.09. The largest absolute Gasteiger partial charge is 0.512 e. The molecule has 0 radical (unpaired) electrons. The maximum atomic E-state index is 10.4. The zero-order valence-electron chi connectivity index (χ0n) is 6.72. The van der Waals surface area contributed by atoms with Gasteiger partial charge in [0, 0.05) is 12.5 Å². The van der Waals surface area contributed by atoms with Gasteiger partial charge >= 0.3 is 0 Å².